The molecular weight excluding hydrogens is 394 g/mol. The van der Waals surface area contributed by atoms with Crippen molar-refractivity contribution >= 4 is 17.4 Å². The zero-order valence-corrected chi connectivity index (χ0v) is 16.7. The quantitative estimate of drug-likeness (QED) is 0.787. The number of rotatable bonds is 4. The molecule has 1 aromatic rings. The molecule has 0 spiro atoms. The van der Waals surface area contributed by atoms with Crippen molar-refractivity contribution in [2.24, 2.45) is 4.99 Å². The Morgan fingerprint density at radius 1 is 1.30 bits per heavy atom. The Hall–Kier alpha value is -3.10. The van der Waals surface area contributed by atoms with Crippen LogP contribution in [0.15, 0.2) is 52.9 Å². The van der Waals surface area contributed by atoms with Gasteiger partial charge in [0.1, 0.15) is 5.84 Å². The maximum absolute atomic E-state index is 13.3. The third-order valence-corrected chi connectivity index (χ3v) is 5.05. The van der Waals surface area contributed by atoms with Crippen molar-refractivity contribution < 1.29 is 23.0 Å². The number of ether oxygens (including phenoxy) is 2. The number of aliphatic imine (C=N–C) groups is 1. The topological polar surface area (TPSA) is 75.2 Å². The number of benzene rings is 1. The van der Waals surface area contributed by atoms with E-state index in [1.165, 1.54) is 25.0 Å². The maximum Gasteiger partial charge on any atom is 0.586 e. The van der Waals surface area contributed by atoms with Gasteiger partial charge in [0.25, 0.3) is 5.91 Å². The highest BCUT2D eigenvalue weighted by atomic mass is 19.3. The molecular formula is C21H24F2N4O3. The van der Waals surface area contributed by atoms with Crippen LogP contribution in [0.25, 0.3) is 0 Å². The van der Waals surface area contributed by atoms with Crippen LogP contribution < -0.4 is 15.5 Å². The third kappa shape index (κ3) is 4.72. The summed E-state index contributed by atoms with van der Waals surface area (Å²) in [5.74, 6) is 0.264. The minimum Gasteiger partial charge on any atom is -0.396 e. The van der Waals surface area contributed by atoms with E-state index in [1.807, 2.05) is 18.2 Å². The van der Waals surface area contributed by atoms with E-state index in [0.717, 1.165) is 18.8 Å². The molecule has 0 saturated carbocycles. The van der Waals surface area contributed by atoms with E-state index in [-0.39, 0.29) is 36.6 Å². The first kappa shape index (κ1) is 20.2. The maximum atomic E-state index is 13.3. The lowest BCUT2D eigenvalue weighted by molar-refractivity contribution is -0.326. The summed E-state index contributed by atoms with van der Waals surface area (Å²) in [6.07, 6.45) is 1.59. The van der Waals surface area contributed by atoms with Crippen molar-refractivity contribution in [2.75, 3.05) is 31.1 Å². The van der Waals surface area contributed by atoms with E-state index in [4.69, 9.17) is 0 Å². The fourth-order valence-corrected chi connectivity index (χ4v) is 3.64. The molecule has 9 heteroatoms. The number of halogens is 2. The molecule has 4 rings (SSSR count). The van der Waals surface area contributed by atoms with Crippen LogP contribution in [0.1, 0.15) is 30.1 Å². The first-order valence-corrected chi connectivity index (χ1v) is 10.0. The average molecular weight is 418 g/mol. The third-order valence-electron chi connectivity index (χ3n) is 5.05. The lowest BCUT2D eigenvalue weighted by atomic mass is 10.1. The summed E-state index contributed by atoms with van der Waals surface area (Å²) in [4.78, 5) is 19.2. The second kappa shape index (κ2) is 8.33. The van der Waals surface area contributed by atoms with Crippen molar-refractivity contribution in [1.82, 2.24) is 10.6 Å². The number of alkyl halides is 2. The van der Waals surface area contributed by atoms with Gasteiger partial charge in [0.15, 0.2) is 11.5 Å². The van der Waals surface area contributed by atoms with E-state index in [2.05, 4.69) is 30.0 Å². The highest BCUT2D eigenvalue weighted by Gasteiger charge is 2.45. The van der Waals surface area contributed by atoms with Gasteiger partial charge in [0.05, 0.1) is 13.1 Å². The lowest BCUT2D eigenvalue weighted by Gasteiger charge is -2.18. The van der Waals surface area contributed by atoms with Gasteiger partial charge < -0.3 is 25.0 Å². The van der Waals surface area contributed by atoms with Gasteiger partial charge in [-0.2, -0.15) is 0 Å². The van der Waals surface area contributed by atoms with Crippen molar-refractivity contribution in [3.05, 3.63) is 53.5 Å². The molecule has 0 aliphatic carbocycles. The molecule has 3 aliphatic rings. The number of hydrogen-bond donors (Lipinski definition) is 2. The van der Waals surface area contributed by atoms with Gasteiger partial charge in [0, 0.05) is 30.4 Å². The average Bonchev–Trinajstić information content (AvgIpc) is 3.34. The summed E-state index contributed by atoms with van der Waals surface area (Å²) in [6, 6.07) is 7.22. The van der Waals surface area contributed by atoms with Crippen molar-refractivity contribution in [3.63, 3.8) is 0 Å². The summed E-state index contributed by atoms with van der Waals surface area (Å²) < 4.78 is 35.6. The van der Waals surface area contributed by atoms with Gasteiger partial charge in [-0.25, -0.2) is 0 Å². The molecule has 0 radical (unpaired) electrons. The Morgan fingerprint density at radius 3 is 2.87 bits per heavy atom. The number of hydrogen-bond acceptors (Lipinski definition) is 6. The van der Waals surface area contributed by atoms with Gasteiger partial charge in [-0.15, -0.1) is 8.78 Å². The number of anilines is 1. The Kier molecular flexibility index (Phi) is 5.61. The van der Waals surface area contributed by atoms with Crippen LogP contribution in [0.5, 0.6) is 0 Å². The number of carbonyl (C=O) groups excluding carboxylic acids is 1. The molecule has 0 aromatic heterocycles. The molecule has 0 bridgehead atoms. The number of amidine groups is 1. The van der Waals surface area contributed by atoms with E-state index in [1.54, 1.807) is 13.0 Å². The number of fused-ring (bicyclic) bond motifs is 1. The van der Waals surface area contributed by atoms with Crippen molar-refractivity contribution in [3.8, 4) is 0 Å². The number of carbonyl (C=O) groups is 1. The lowest BCUT2D eigenvalue weighted by Crippen LogP contribution is -2.40. The first-order chi connectivity index (χ1) is 14.4. The molecule has 1 amide bonds. The summed E-state index contributed by atoms with van der Waals surface area (Å²) >= 11 is 0. The van der Waals surface area contributed by atoms with Crippen LogP contribution in [0.4, 0.5) is 14.5 Å². The van der Waals surface area contributed by atoms with Crippen molar-refractivity contribution in [2.45, 2.75) is 32.1 Å². The monoisotopic (exact) mass is 418 g/mol. The predicted octanol–water partition coefficient (Wildman–Crippen LogP) is 2.77. The highest BCUT2D eigenvalue weighted by molar-refractivity contribution is 5.98. The number of nitrogens with zero attached hydrogens (tertiary/aromatic N) is 2. The minimum absolute atomic E-state index is 0.0285. The Labute approximate surface area is 173 Å². The summed E-state index contributed by atoms with van der Waals surface area (Å²) in [7, 11) is 0. The Bertz CT molecular complexity index is 907. The van der Waals surface area contributed by atoms with Gasteiger partial charge in [0.2, 0.25) is 0 Å². The van der Waals surface area contributed by atoms with Crippen LogP contribution >= 0.6 is 0 Å². The number of nitrogens with one attached hydrogen (secondary N) is 2. The SMILES string of the molecule is CC1/C=C2/OC(F)(F)O/C2=C/CN=C(CNC(=O)c2cccc(N3CCCC3)c2)N1. The van der Waals surface area contributed by atoms with Crippen LogP contribution in [0.3, 0.4) is 0 Å². The van der Waals surface area contributed by atoms with E-state index >= 15 is 0 Å². The highest BCUT2D eigenvalue weighted by Crippen LogP contribution is 2.36. The smallest absolute Gasteiger partial charge is 0.396 e. The molecule has 160 valence electrons. The van der Waals surface area contributed by atoms with Crippen LogP contribution in [0.2, 0.25) is 0 Å². The number of amides is 1. The van der Waals surface area contributed by atoms with E-state index in [9.17, 15) is 13.6 Å². The minimum atomic E-state index is -3.67. The molecule has 2 fully saturated rings. The molecule has 1 unspecified atom stereocenters. The second-order valence-electron chi connectivity index (χ2n) is 7.41. The van der Waals surface area contributed by atoms with Gasteiger partial charge >= 0.3 is 6.29 Å². The molecule has 1 atom stereocenters. The first-order valence-electron chi connectivity index (χ1n) is 10.0. The van der Waals surface area contributed by atoms with Crippen LogP contribution in [0, 0.1) is 0 Å². The molecule has 1 aromatic carbocycles. The van der Waals surface area contributed by atoms with Gasteiger partial charge in [-0.1, -0.05) is 6.07 Å². The normalized spacial score (nSPS) is 26.2. The predicted molar refractivity (Wildman–Crippen MR) is 108 cm³/mol. The summed E-state index contributed by atoms with van der Waals surface area (Å²) in [5.41, 5.74) is 1.63. The zero-order valence-electron chi connectivity index (χ0n) is 16.7. The van der Waals surface area contributed by atoms with Crippen LogP contribution in [-0.2, 0) is 9.47 Å². The Morgan fingerprint density at radius 2 is 2.07 bits per heavy atom. The molecule has 2 saturated heterocycles. The van der Waals surface area contributed by atoms with Crippen LogP contribution in [-0.4, -0.2) is 50.3 Å². The van der Waals surface area contributed by atoms with Gasteiger partial charge in [-0.05, 0) is 50.1 Å². The zero-order chi connectivity index (χ0) is 21.1. The molecule has 7 nitrogen and oxygen atoms in total. The van der Waals surface area contributed by atoms with Crippen molar-refractivity contribution in [1.29, 1.82) is 0 Å². The standard InChI is InChI=1S/C21H24F2N4O3/c1-14-11-18-17(29-21(22,23)30-18)7-8-24-19(26-14)13-25-20(28)15-5-4-6-16(12-15)27-9-2-3-10-27/h4-7,11-12,14H,2-3,8-10,13H2,1H3,(H,24,26)(H,25,28)/b17-7+,18-11+. The second-order valence-corrected chi connectivity index (χ2v) is 7.41. The largest absolute Gasteiger partial charge is 0.586 e. The summed E-state index contributed by atoms with van der Waals surface area (Å²) in [6.45, 7) is 4.08. The molecule has 2 N–H and O–H groups in total. The Balaban J connectivity index is 1.39. The van der Waals surface area contributed by atoms with Gasteiger partial charge in [-0.3, -0.25) is 9.79 Å². The fourth-order valence-electron chi connectivity index (χ4n) is 3.64. The molecule has 3 heterocycles. The molecule has 30 heavy (non-hydrogen) atoms. The summed E-state index contributed by atoms with van der Waals surface area (Å²) in [5, 5.41) is 5.96. The van der Waals surface area contributed by atoms with E-state index < -0.39 is 6.29 Å². The van der Waals surface area contributed by atoms with E-state index in [0.29, 0.717) is 11.4 Å². The molecule has 3 aliphatic heterocycles. The fraction of sp³-hybridized carbons (Fsp3) is 0.429.